The van der Waals surface area contributed by atoms with E-state index in [0.717, 1.165) is 89.9 Å². The van der Waals surface area contributed by atoms with Crippen molar-refractivity contribution >= 4 is 19.8 Å². The summed E-state index contributed by atoms with van der Waals surface area (Å²) in [5, 5.41) is 18.3. The van der Waals surface area contributed by atoms with Gasteiger partial charge in [0.1, 0.15) is 12.7 Å². The molecule has 11 heteroatoms. The van der Waals surface area contributed by atoms with E-state index in [1.807, 2.05) is 0 Å². The molecule has 10 nitrogen and oxygen atoms in total. The zero-order chi connectivity index (χ0) is 37.0. The lowest BCUT2D eigenvalue weighted by Crippen LogP contribution is -2.29. The maximum absolute atomic E-state index is 12.5. The van der Waals surface area contributed by atoms with Crippen LogP contribution < -0.4 is 0 Å². The zero-order valence-electron chi connectivity index (χ0n) is 31.1. The summed E-state index contributed by atoms with van der Waals surface area (Å²) in [6.07, 6.45) is 35.1. The summed E-state index contributed by atoms with van der Waals surface area (Å²) in [4.78, 5) is 34.8. The molecular formula is C39H69O10P. The number of allylic oxidation sites excluding steroid dienone is 8. The van der Waals surface area contributed by atoms with E-state index in [9.17, 15) is 24.2 Å². The van der Waals surface area contributed by atoms with E-state index in [1.165, 1.54) is 19.3 Å². The number of hydrogen-bond acceptors (Lipinski definition) is 9. The fourth-order valence-corrected chi connectivity index (χ4v) is 5.55. The lowest BCUT2D eigenvalue weighted by molar-refractivity contribution is -0.161. The van der Waals surface area contributed by atoms with E-state index < -0.39 is 51.8 Å². The van der Waals surface area contributed by atoms with Crippen molar-refractivity contribution in [3.05, 3.63) is 48.6 Å². The van der Waals surface area contributed by atoms with E-state index in [0.29, 0.717) is 12.8 Å². The molecule has 1 unspecified atom stereocenters. The number of esters is 2. The van der Waals surface area contributed by atoms with Gasteiger partial charge in [-0.25, -0.2) is 4.57 Å². The highest BCUT2D eigenvalue weighted by Gasteiger charge is 2.27. The zero-order valence-corrected chi connectivity index (χ0v) is 32.0. The molecule has 290 valence electrons. The van der Waals surface area contributed by atoms with Crippen LogP contribution in [0.15, 0.2) is 48.6 Å². The van der Waals surface area contributed by atoms with Gasteiger partial charge in [-0.3, -0.25) is 18.6 Å². The van der Waals surface area contributed by atoms with Crippen LogP contribution in [0.2, 0.25) is 0 Å². The average molecular weight is 729 g/mol. The maximum Gasteiger partial charge on any atom is 0.472 e. The summed E-state index contributed by atoms with van der Waals surface area (Å²) in [6, 6.07) is 0. The van der Waals surface area contributed by atoms with E-state index in [2.05, 4.69) is 67.0 Å². The van der Waals surface area contributed by atoms with Crippen LogP contribution in [0.3, 0.4) is 0 Å². The average Bonchev–Trinajstić information content (AvgIpc) is 3.10. The quantitative estimate of drug-likeness (QED) is 0.0249. The molecule has 0 aromatic heterocycles. The van der Waals surface area contributed by atoms with Crippen molar-refractivity contribution in [1.29, 1.82) is 0 Å². The molecule has 0 aromatic carbocycles. The van der Waals surface area contributed by atoms with Crippen LogP contribution in [0.25, 0.3) is 0 Å². The van der Waals surface area contributed by atoms with Crippen LogP contribution in [0.1, 0.15) is 149 Å². The Labute approximate surface area is 303 Å². The summed E-state index contributed by atoms with van der Waals surface area (Å²) in [5.74, 6) is -0.960. The number of hydrogen-bond donors (Lipinski definition) is 3. The SMILES string of the molecule is CC/C=C\C/C=C\C/C=C\CCCCCCCC(=O)OC[C@H](COP(=O)(O)OC[C@@H](O)CO)OC(=O)CCCCCCC/C=C\CCCCC. The van der Waals surface area contributed by atoms with Crippen molar-refractivity contribution in [2.24, 2.45) is 0 Å². The molecule has 0 aliphatic rings. The third-order valence-corrected chi connectivity index (χ3v) is 8.67. The van der Waals surface area contributed by atoms with E-state index >= 15 is 0 Å². The summed E-state index contributed by atoms with van der Waals surface area (Å²) in [7, 11) is -4.62. The third kappa shape index (κ3) is 34.4. The summed E-state index contributed by atoms with van der Waals surface area (Å²) < 4.78 is 32.5. The first-order chi connectivity index (χ1) is 24.2. The Bertz CT molecular complexity index is 978. The Morgan fingerprint density at radius 2 is 1.10 bits per heavy atom. The second-order valence-electron chi connectivity index (χ2n) is 12.6. The summed E-state index contributed by atoms with van der Waals surface area (Å²) in [6.45, 7) is 2.19. The largest absolute Gasteiger partial charge is 0.472 e. The number of aliphatic hydroxyl groups excluding tert-OH is 2. The number of phosphoric ester groups is 1. The number of rotatable bonds is 35. The van der Waals surface area contributed by atoms with Crippen LogP contribution in [0.5, 0.6) is 0 Å². The van der Waals surface area contributed by atoms with Gasteiger partial charge in [-0.1, -0.05) is 114 Å². The predicted octanol–water partition coefficient (Wildman–Crippen LogP) is 9.38. The van der Waals surface area contributed by atoms with Crippen LogP contribution in [-0.4, -0.2) is 65.7 Å². The number of unbranched alkanes of at least 4 members (excludes halogenated alkanes) is 13. The molecule has 0 aliphatic heterocycles. The van der Waals surface area contributed by atoms with Crippen LogP contribution in [0, 0.1) is 0 Å². The minimum absolute atomic E-state index is 0.168. The van der Waals surface area contributed by atoms with E-state index in [-0.39, 0.29) is 19.4 Å². The van der Waals surface area contributed by atoms with Crippen molar-refractivity contribution in [2.75, 3.05) is 26.4 Å². The Morgan fingerprint density at radius 3 is 1.68 bits per heavy atom. The maximum atomic E-state index is 12.5. The lowest BCUT2D eigenvalue weighted by atomic mass is 10.1. The molecule has 0 spiro atoms. The Hall–Kier alpha value is -2.07. The third-order valence-electron chi connectivity index (χ3n) is 7.72. The Morgan fingerprint density at radius 1 is 0.620 bits per heavy atom. The molecule has 0 bridgehead atoms. The first-order valence-corrected chi connectivity index (χ1v) is 20.6. The molecule has 0 aromatic rings. The van der Waals surface area contributed by atoms with E-state index in [4.69, 9.17) is 19.1 Å². The molecule has 0 rings (SSSR count). The van der Waals surface area contributed by atoms with Gasteiger partial charge in [-0.2, -0.15) is 0 Å². The second-order valence-corrected chi connectivity index (χ2v) is 14.0. The number of carbonyl (C=O) groups excluding carboxylic acids is 2. The van der Waals surface area contributed by atoms with Crippen LogP contribution in [0.4, 0.5) is 0 Å². The first kappa shape index (κ1) is 47.9. The van der Waals surface area contributed by atoms with Crippen LogP contribution >= 0.6 is 7.82 Å². The van der Waals surface area contributed by atoms with Crippen molar-refractivity contribution in [1.82, 2.24) is 0 Å². The smallest absolute Gasteiger partial charge is 0.462 e. The van der Waals surface area contributed by atoms with Gasteiger partial charge in [0.25, 0.3) is 0 Å². The number of phosphoric acid groups is 1. The van der Waals surface area contributed by atoms with Crippen molar-refractivity contribution < 1.29 is 47.8 Å². The highest BCUT2D eigenvalue weighted by molar-refractivity contribution is 7.47. The van der Waals surface area contributed by atoms with Crippen LogP contribution in [-0.2, 0) is 32.7 Å². The molecule has 0 saturated heterocycles. The molecule has 3 N–H and O–H groups in total. The molecule has 3 atom stereocenters. The highest BCUT2D eigenvalue weighted by Crippen LogP contribution is 2.43. The lowest BCUT2D eigenvalue weighted by Gasteiger charge is -2.20. The number of aliphatic hydroxyl groups is 2. The standard InChI is InChI=1S/C39H69O10P/c1-3-5-7-9-11-13-15-17-18-19-21-22-24-26-28-30-38(42)46-34-37(35-48-50(44,45)47-33-36(41)32-40)49-39(43)31-29-27-25-23-20-16-14-12-10-8-6-4-2/h5,7,11-14,17-18,36-37,40-41H,3-4,6,8-10,15-16,19-35H2,1-2H3,(H,44,45)/b7-5-,13-11-,14-12-,18-17-/t36-,37+/m0/s1. The molecule has 0 radical (unpaired) electrons. The molecule has 0 fully saturated rings. The molecule has 0 amide bonds. The normalized spacial score (nSPS) is 14.6. The predicted molar refractivity (Wildman–Crippen MR) is 201 cm³/mol. The fourth-order valence-electron chi connectivity index (χ4n) is 4.76. The van der Waals surface area contributed by atoms with Gasteiger partial charge in [0.05, 0.1) is 19.8 Å². The second kappa shape index (κ2) is 35.3. The molecule has 0 aliphatic carbocycles. The van der Waals surface area contributed by atoms with Gasteiger partial charge in [0.2, 0.25) is 0 Å². The topological polar surface area (TPSA) is 149 Å². The molecule has 50 heavy (non-hydrogen) atoms. The van der Waals surface area contributed by atoms with Crippen molar-refractivity contribution in [3.8, 4) is 0 Å². The van der Waals surface area contributed by atoms with Gasteiger partial charge in [-0.15, -0.1) is 0 Å². The Kier molecular flexibility index (Phi) is 33.9. The number of ether oxygens (including phenoxy) is 2. The van der Waals surface area contributed by atoms with Gasteiger partial charge < -0.3 is 24.6 Å². The van der Waals surface area contributed by atoms with Gasteiger partial charge in [-0.05, 0) is 70.6 Å². The molecule has 0 saturated carbocycles. The Balaban J connectivity index is 4.41. The minimum atomic E-state index is -4.62. The van der Waals surface area contributed by atoms with Crippen molar-refractivity contribution in [2.45, 2.75) is 161 Å². The van der Waals surface area contributed by atoms with Gasteiger partial charge in [0, 0.05) is 12.8 Å². The molecular weight excluding hydrogens is 659 g/mol. The van der Waals surface area contributed by atoms with E-state index in [1.54, 1.807) is 0 Å². The minimum Gasteiger partial charge on any atom is -0.462 e. The highest BCUT2D eigenvalue weighted by atomic mass is 31.2. The fraction of sp³-hybridized carbons (Fsp3) is 0.744. The van der Waals surface area contributed by atoms with Crippen molar-refractivity contribution in [3.63, 3.8) is 0 Å². The van der Waals surface area contributed by atoms with Gasteiger partial charge in [0.15, 0.2) is 6.10 Å². The monoisotopic (exact) mass is 728 g/mol. The molecule has 0 heterocycles. The number of carbonyl (C=O) groups is 2. The summed E-state index contributed by atoms with van der Waals surface area (Å²) in [5.41, 5.74) is 0. The first-order valence-electron chi connectivity index (χ1n) is 19.1. The summed E-state index contributed by atoms with van der Waals surface area (Å²) >= 11 is 0. The van der Waals surface area contributed by atoms with Gasteiger partial charge >= 0.3 is 19.8 Å².